The first kappa shape index (κ1) is 32.1. The van der Waals surface area contributed by atoms with Crippen LogP contribution in [0, 0.1) is 0 Å². The van der Waals surface area contributed by atoms with E-state index in [0.717, 1.165) is 63.9 Å². The van der Waals surface area contributed by atoms with Gasteiger partial charge in [0.15, 0.2) is 5.65 Å². The average molecular weight is 633 g/mol. The lowest BCUT2D eigenvalue weighted by atomic mass is 9.99. The van der Waals surface area contributed by atoms with Crippen LogP contribution in [0.15, 0.2) is 73.1 Å². The van der Waals surface area contributed by atoms with Crippen LogP contribution in [0.2, 0.25) is 0 Å². The van der Waals surface area contributed by atoms with Gasteiger partial charge >= 0.3 is 0 Å². The summed E-state index contributed by atoms with van der Waals surface area (Å²) in [7, 11) is 3.93. The summed E-state index contributed by atoms with van der Waals surface area (Å²) in [5.41, 5.74) is 5.58. The SMILES string of the molecule is CC(C)c1cnn2c(NCc3ccccc3-c3nccc4cc(NC(=O)/C=C/CN(C)C)ccc34)nc(N[C@@H]3CC[C@@H](C)NC3)nc12. The van der Waals surface area contributed by atoms with Gasteiger partial charge in [0.25, 0.3) is 0 Å². The first-order valence-corrected chi connectivity index (χ1v) is 16.3. The van der Waals surface area contributed by atoms with E-state index in [4.69, 9.17) is 15.0 Å². The molecule has 4 heterocycles. The quantitative estimate of drug-likeness (QED) is 0.136. The van der Waals surface area contributed by atoms with Gasteiger partial charge in [-0.15, -0.1) is 0 Å². The molecule has 1 amide bonds. The van der Waals surface area contributed by atoms with E-state index in [-0.39, 0.29) is 17.9 Å². The van der Waals surface area contributed by atoms with Crippen molar-refractivity contribution >= 4 is 39.9 Å². The third-order valence-corrected chi connectivity index (χ3v) is 8.49. The van der Waals surface area contributed by atoms with Gasteiger partial charge in [-0.1, -0.05) is 50.3 Å². The van der Waals surface area contributed by atoms with Gasteiger partial charge in [0.1, 0.15) is 0 Å². The van der Waals surface area contributed by atoms with Crippen molar-refractivity contribution in [2.75, 3.05) is 43.1 Å². The van der Waals surface area contributed by atoms with Crippen LogP contribution in [0.1, 0.15) is 50.7 Å². The van der Waals surface area contributed by atoms with Gasteiger partial charge in [0, 0.05) is 66.2 Å². The number of benzene rings is 2. The number of anilines is 3. The van der Waals surface area contributed by atoms with Crippen LogP contribution >= 0.6 is 0 Å². The Balaban J connectivity index is 1.26. The van der Waals surface area contributed by atoms with E-state index in [1.807, 2.05) is 73.9 Å². The number of amides is 1. The molecule has 1 aliphatic rings. The number of likely N-dealkylation sites (N-methyl/N-ethyl adjacent to an activating group) is 1. The zero-order chi connectivity index (χ0) is 32.9. The number of nitrogens with zero attached hydrogens (tertiary/aromatic N) is 6. The second kappa shape index (κ2) is 14.3. The van der Waals surface area contributed by atoms with Crippen LogP contribution in [0.4, 0.5) is 17.6 Å². The lowest BCUT2D eigenvalue weighted by Crippen LogP contribution is -2.43. The van der Waals surface area contributed by atoms with Crippen molar-refractivity contribution in [2.24, 2.45) is 0 Å². The number of hydrogen-bond acceptors (Lipinski definition) is 9. The molecule has 0 aliphatic carbocycles. The van der Waals surface area contributed by atoms with Crippen LogP contribution in [-0.2, 0) is 11.3 Å². The van der Waals surface area contributed by atoms with Gasteiger partial charge < -0.3 is 26.2 Å². The van der Waals surface area contributed by atoms with Gasteiger partial charge in [-0.3, -0.25) is 9.78 Å². The van der Waals surface area contributed by atoms with Gasteiger partial charge in [-0.25, -0.2) is 0 Å². The van der Waals surface area contributed by atoms with E-state index in [1.165, 1.54) is 0 Å². The zero-order valence-corrected chi connectivity index (χ0v) is 27.8. The highest BCUT2D eigenvalue weighted by Crippen LogP contribution is 2.31. The lowest BCUT2D eigenvalue weighted by Gasteiger charge is -2.28. The summed E-state index contributed by atoms with van der Waals surface area (Å²) < 4.78 is 1.80. The highest BCUT2D eigenvalue weighted by atomic mass is 16.1. The molecule has 0 bridgehead atoms. The summed E-state index contributed by atoms with van der Waals surface area (Å²) in [4.78, 5) is 29.0. The van der Waals surface area contributed by atoms with Crippen LogP contribution in [0.3, 0.4) is 0 Å². The fourth-order valence-corrected chi connectivity index (χ4v) is 5.89. The third-order valence-electron chi connectivity index (χ3n) is 8.49. The molecule has 3 aromatic heterocycles. The van der Waals surface area contributed by atoms with Crippen molar-refractivity contribution in [3.63, 3.8) is 0 Å². The molecule has 6 rings (SSSR count). The topological polar surface area (TPSA) is 124 Å². The molecule has 2 atom stereocenters. The van der Waals surface area contributed by atoms with Crippen LogP contribution in [0.5, 0.6) is 0 Å². The first-order chi connectivity index (χ1) is 22.7. The molecule has 0 saturated carbocycles. The van der Waals surface area contributed by atoms with E-state index in [9.17, 15) is 4.79 Å². The maximum absolute atomic E-state index is 12.4. The number of hydrogen-bond donors (Lipinski definition) is 4. The summed E-state index contributed by atoms with van der Waals surface area (Å²) in [5.74, 6) is 1.34. The number of rotatable bonds is 11. The molecule has 4 N–H and O–H groups in total. The minimum absolute atomic E-state index is 0.156. The Bertz CT molecular complexity index is 1890. The Kier molecular flexibility index (Phi) is 9.74. The second-order valence-electron chi connectivity index (χ2n) is 12.8. The predicted octanol–water partition coefficient (Wildman–Crippen LogP) is 5.68. The molecule has 1 aliphatic heterocycles. The fraction of sp³-hybridized carbons (Fsp3) is 0.361. The van der Waals surface area contributed by atoms with Gasteiger partial charge in [-0.2, -0.15) is 19.6 Å². The molecule has 0 radical (unpaired) electrons. The Hall–Kier alpha value is -4.87. The Morgan fingerprint density at radius 2 is 1.98 bits per heavy atom. The molecule has 11 heteroatoms. The van der Waals surface area contributed by atoms with Crippen molar-refractivity contribution < 1.29 is 4.79 Å². The van der Waals surface area contributed by atoms with Crippen LogP contribution in [0.25, 0.3) is 27.7 Å². The van der Waals surface area contributed by atoms with E-state index in [2.05, 4.69) is 59.3 Å². The number of fused-ring (bicyclic) bond motifs is 2. The van der Waals surface area contributed by atoms with E-state index >= 15 is 0 Å². The van der Waals surface area contributed by atoms with E-state index in [0.29, 0.717) is 31.0 Å². The molecule has 47 heavy (non-hydrogen) atoms. The van der Waals surface area contributed by atoms with Crippen molar-refractivity contribution in [3.05, 3.63) is 84.2 Å². The molecule has 0 unspecified atom stereocenters. The summed E-state index contributed by atoms with van der Waals surface area (Å²) in [6.45, 7) is 8.61. The minimum atomic E-state index is -0.156. The average Bonchev–Trinajstić information content (AvgIpc) is 3.49. The number of carbonyl (C=O) groups excluding carboxylic acids is 1. The largest absolute Gasteiger partial charge is 0.350 e. The monoisotopic (exact) mass is 632 g/mol. The molecule has 1 fully saturated rings. The summed E-state index contributed by atoms with van der Waals surface area (Å²) in [6.07, 6.45) is 9.29. The third kappa shape index (κ3) is 7.58. The van der Waals surface area contributed by atoms with E-state index in [1.54, 1.807) is 10.6 Å². The summed E-state index contributed by atoms with van der Waals surface area (Å²) in [6, 6.07) is 16.9. The molecule has 0 spiro atoms. The molecular weight excluding hydrogens is 588 g/mol. The van der Waals surface area contributed by atoms with Crippen molar-refractivity contribution in [1.29, 1.82) is 0 Å². The van der Waals surface area contributed by atoms with Gasteiger partial charge in [0.05, 0.1) is 11.9 Å². The number of piperidine rings is 1. The van der Waals surface area contributed by atoms with Crippen molar-refractivity contribution in [1.82, 2.24) is 34.8 Å². The highest BCUT2D eigenvalue weighted by molar-refractivity contribution is 6.02. The molecule has 11 nitrogen and oxygen atoms in total. The highest BCUT2D eigenvalue weighted by Gasteiger charge is 2.21. The summed E-state index contributed by atoms with van der Waals surface area (Å²) in [5, 5.41) is 20.3. The van der Waals surface area contributed by atoms with Crippen molar-refractivity contribution in [3.8, 4) is 11.3 Å². The molecule has 1 saturated heterocycles. The number of nitrogens with one attached hydrogen (secondary N) is 4. The minimum Gasteiger partial charge on any atom is -0.350 e. The predicted molar refractivity (Wildman–Crippen MR) is 190 cm³/mol. The maximum atomic E-state index is 12.4. The first-order valence-electron chi connectivity index (χ1n) is 16.3. The molecule has 2 aromatic carbocycles. The fourth-order valence-electron chi connectivity index (χ4n) is 5.89. The Labute approximate surface area is 275 Å². The summed E-state index contributed by atoms with van der Waals surface area (Å²) >= 11 is 0. The normalized spacial score (nSPS) is 16.8. The number of aromatic nitrogens is 5. The molecule has 5 aromatic rings. The van der Waals surface area contributed by atoms with Crippen LogP contribution in [-0.4, -0.2) is 74.6 Å². The molecule has 244 valence electrons. The van der Waals surface area contributed by atoms with E-state index < -0.39 is 0 Å². The Morgan fingerprint density at radius 1 is 1.13 bits per heavy atom. The Morgan fingerprint density at radius 3 is 2.77 bits per heavy atom. The lowest BCUT2D eigenvalue weighted by molar-refractivity contribution is -0.111. The zero-order valence-electron chi connectivity index (χ0n) is 27.8. The van der Waals surface area contributed by atoms with Gasteiger partial charge in [-0.05, 0) is 68.9 Å². The van der Waals surface area contributed by atoms with Crippen molar-refractivity contribution in [2.45, 2.75) is 58.2 Å². The maximum Gasteiger partial charge on any atom is 0.248 e. The standard InChI is InChI=1S/C36H44N10O/c1-23(2)31-22-40-46-34(31)43-35(42-28-13-12-24(3)38-21-28)44-36(46)39-20-26-9-6-7-10-29(26)33-30-15-14-27(19-25(30)16-17-37-33)41-32(47)11-8-18-45(4)5/h6-11,14-17,19,22-24,28,38H,12-13,18,20-21H2,1-5H3,(H,41,47)(H2,39,42,43,44)/b11-8+/t24-,28-/m1/s1. The smallest absolute Gasteiger partial charge is 0.248 e. The number of pyridine rings is 1. The van der Waals surface area contributed by atoms with Crippen LogP contribution < -0.4 is 21.3 Å². The molecular formula is C36H44N10O. The second-order valence-corrected chi connectivity index (χ2v) is 12.8. The number of carbonyl (C=O) groups is 1. The van der Waals surface area contributed by atoms with Gasteiger partial charge in [0.2, 0.25) is 17.8 Å².